The molecule has 1 aliphatic heterocycles. The number of quaternary nitrogens is 1. The fourth-order valence-corrected chi connectivity index (χ4v) is 3.07. The van der Waals surface area contributed by atoms with Crippen molar-refractivity contribution in [2.45, 2.75) is 19.5 Å². The third-order valence-electron chi connectivity index (χ3n) is 4.02. The predicted molar refractivity (Wildman–Crippen MR) is 79.6 cm³/mol. The zero-order chi connectivity index (χ0) is 13.9. The van der Waals surface area contributed by atoms with Crippen molar-refractivity contribution in [3.05, 3.63) is 65.5 Å². The molecule has 0 saturated heterocycles. The first-order valence-electron chi connectivity index (χ1n) is 7.00. The molecule has 2 heterocycles. The Kier molecular flexibility index (Phi) is 3.52. The summed E-state index contributed by atoms with van der Waals surface area (Å²) < 4.78 is 1.93. The van der Waals surface area contributed by atoms with E-state index < -0.39 is 0 Å². The van der Waals surface area contributed by atoms with Crippen LogP contribution < -0.4 is 4.90 Å². The van der Waals surface area contributed by atoms with Crippen molar-refractivity contribution in [3.63, 3.8) is 0 Å². The number of aromatic nitrogens is 1. The van der Waals surface area contributed by atoms with Crippen molar-refractivity contribution in [1.82, 2.24) is 4.57 Å². The number of carbonyl (C=O) groups is 1. The SMILES string of the molecule is C=Cn1c(C=O)cc2c1CC[NH+](Cc1ccccc1)C2. The molecule has 0 radical (unpaired) electrons. The molecule has 3 nitrogen and oxygen atoms in total. The summed E-state index contributed by atoms with van der Waals surface area (Å²) in [6.45, 7) is 6.91. The lowest BCUT2D eigenvalue weighted by Crippen LogP contribution is -3.10. The number of benzene rings is 1. The maximum Gasteiger partial charge on any atom is 0.166 e. The first-order chi connectivity index (χ1) is 9.81. The van der Waals surface area contributed by atoms with E-state index >= 15 is 0 Å². The van der Waals surface area contributed by atoms with Gasteiger partial charge in [0.1, 0.15) is 13.1 Å². The number of rotatable bonds is 4. The van der Waals surface area contributed by atoms with Crippen LogP contribution in [0.2, 0.25) is 0 Å². The Labute approximate surface area is 119 Å². The largest absolute Gasteiger partial charge is 0.327 e. The van der Waals surface area contributed by atoms with E-state index in [4.69, 9.17) is 0 Å². The van der Waals surface area contributed by atoms with Crippen LogP contribution in [0.4, 0.5) is 0 Å². The summed E-state index contributed by atoms with van der Waals surface area (Å²) in [6, 6.07) is 12.6. The standard InChI is InChI=1S/C17H18N2O/c1-2-19-16(13-20)10-15-12-18(9-8-17(15)19)11-14-6-4-3-5-7-14/h2-7,10,13H,1,8-9,11-12H2/p+1. The van der Waals surface area contributed by atoms with E-state index in [0.29, 0.717) is 5.69 Å². The molecule has 0 fully saturated rings. The van der Waals surface area contributed by atoms with Crippen molar-refractivity contribution in [1.29, 1.82) is 0 Å². The van der Waals surface area contributed by atoms with Gasteiger partial charge in [0.25, 0.3) is 0 Å². The average Bonchev–Trinajstić information content (AvgIpc) is 2.85. The molecule has 102 valence electrons. The minimum Gasteiger partial charge on any atom is -0.327 e. The van der Waals surface area contributed by atoms with Gasteiger partial charge in [0, 0.05) is 29.4 Å². The van der Waals surface area contributed by atoms with Crippen LogP contribution in [0.25, 0.3) is 6.20 Å². The van der Waals surface area contributed by atoms with Crippen molar-refractivity contribution >= 4 is 12.5 Å². The van der Waals surface area contributed by atoms with Crippen molar-refractivity contribution in [2.24, 2.45) is 0 Å². The summed E-state index contributed by atoms with van der Waals surface area (Å²) in [4.78, 5) is 12.6. The van der Waals surface area contributed by atoms with Crippen LogP contribution >= 0.6 is 0 Å². The van der Waals surface area contributed by atoms with Gasteiger partial charge in [-0.3, -0.25) is 4.79 Å². The highest BCUT2D eigenvalue weighted by atomic mass is 16.1. The minimum atomic E-state index is 0.714. The second-order valence-corrected chi connectivity index (χ2v) is 5.30. The number of hydrogen-bond acceptors (Lipinski definition) is 1. The van der Waals surface area contributed by atoms with Gasteiger partial charge in [-0.25, -0.2) is 0 Å². The lowest BCUT2D eigenvalue weighted by atomic mass is 10.1. The third-order valence-corrected chi connectivity index (χ3v) is 4.02. The number of nitrogens with zero attached hydrogens (tertiary/aromatic N) is 1. The molecule has 1 aromatic heterocycles. The van der Waals surface area contributed by atoms with Crippen molar-refractivity contribution in [2.75, 3.05) is 6.54 Å². The summed E-state index contributed by atoms with van der Waals surface area (Å²) in [5.41, 5.74) is 4.61. The monoisotopic (exact) mass is 267 g/mol. The molecule has 1 unspecified atom stereocenters. The number of carbonyl (C=O) groups excluding carboxylic acids is 1. The molecule has 0 spiro atoms. The third kappa shape index (κ3) is 2.32. The number of nitrogens with one attached hydrogen (secondary N) is 1. The van der Waals surface area contributed by atoms with Crippen LogP contribution in [-0.2, 0) is 19.5 Å². The predicted octanol–water partition coefficient (Wildman–Crippen LogP) is 1.54. The van der Waals surface area contributed by atoms with Crippen molar-refractivity contribution < 1.29 is 9.69 Å². The number of hydrogen-bond donors (Lipinski definition) is 1. The minimum absolute atomic E-state index is 0.714. The smallest absolute Gasteiger partial charge is 0.166 e. The van der Waals surface area contributed by atoms with Crippen LogP contribution in [0, 0.1) is 0 Å². The Morgan fingerprint density at radius 3 is 2.80 bits per heavy atom. The molecule has 0 amide bonds. The highest BCUT2D eigenvalue weighted by Crippen LogP contribution is 2.17. The molecule has 1 N–H and O–H groups in total. The molecule has 1 aromatic carbocycles. The highest BCUT2D eigenvalue weighted by Gasteiger charge is 2.24. The van der Waals surface area contributed by atoms with Crippen LogP contribution in [0.15, 0.2) is 43.0 Å². The van der Waals surface area contributed by atoms with Crippen LogP contribution in [-0.4, -0.2) is 17.4 Å². The second kappa shape index (κ2) is 5.47. The topological polar surface area (TPSA) is 26.4 Å². The quantitative estimate of drug-likeness (QED) is 0.836. The Hall–Kier alpha value is -2.13. The van der Waals surface area contributed by atoms with E-state index in [-0.39, 0.29) is 0 Å². The summed E-state index contributed by atoms with van der Waals surface area (Å²) in [6.07, 6.45) is 3.65. The van der Waals surface area contributed by atoms with Gasteiger partial charge in [0.05, 0.1) is 12.2 Å². The lowest BCUT2D eigenvalue weighted by molar-refractivity contribution is -0.929. The Morgan fingerprint density at radius 2 is 2.10 bits per heavy atom. The van der Waals surface area contributed by atoms with E-state index in [1.807, 2.05) is 16.7 Å². The average molecular weight is 267 g/mol. The molecule has 1 aliphatic rings. The summed E-state index contributed by atoms with van der Waals surface area (Å²) >= 11 is 0. The molecular formula is C17H19N2O+. The zero-order valence-electron chi connectivity index (χ0n) is 11.5. The molecule has 0 aliphatic carbocycles. The first-order valence-corrected chi connectivity index (χ1v) is 7.00. The molecule has 0 saturated carbocycles. The van der Waals surface area contributed by atoms with Gasteiger partial charge >= 0.3 is 0 Å². The number of aldehydes is 1. The van der Waals surface area contributed by atoms with Crippen LogP contribution in [0.5, 0.6) is 0 Å². The Bertz CT molecular complexity index is 628. The highest BCUT2D eigenvalue weighted by molar-refractivity contribution is 5.75. The van der Waals surface area contributed by atoms with Crippen LogP contribution in [0.1, 0.15) is 27.3 Å². The first kappa shape index (κ1) is 12.9. The molecule has 20 heavy (non-hydrogen) atoms. The van der Waals surface area contributed by atoms with Gasteiger partial charge in [0.15, 0.2) is 6.29 Å². The van der Waals surface area contributed by atoms with E-state index in [0.717, 1.165) is 32.3 Å². The van der Waals surface area contributed by atoms with Gasteiger partial charge in [-0.2, -0.15) is 0 Å². The van der Waals surface area contributed by atoms with Crippen LogP contribution in [0.3, 0.4) is 0 Å². The van der Waals surface area contributed by atoms with E-state index in [1.54, 1.807) is 11.1 Å². The van der Waals surface area contributed by atoms with E-state index in [1.165, 1.54) is 16.8 Å². The van der Waals surface area contributed by atoms with Crippen molar-refractivity contribution in [3.8, 4) is 0 Å². The normalized spacial score (nSPS) is 17.5. The molecule has 0 bridgehead atoms. The fraction of sp³-hybridized carbons (Fsp3) is 0.235. The maximum absolute atomic E-state index is 11.1. The lowest BCUT2D eigenvalue weighted by Gasteiger charge is -2.24. The fourth-order valence-electron chi connectivity index (χ4n) is 3.07. The maximum atomic E-state index is 11.1. The summed E-state index contributed by atoms with van der Waals surface area (Å²) in [7, 11) is 0. The van der Waals surface area contributed by atoms with Gasteiger partial charge in [-0.15, -0.1) is 0 Å². The summed E-state index contributed by atoms with van der Waals surface area (Å²) in [5.74, 6) is 0. The van der Waals surface area contributed by atoms with E-state index in [9.17, 15) is 4.79 Å². The Morgan fingerprint density at radius 1 is 1.30 bits per heavy atom. The molecule has 3 rings (SSSR count). The van der Waals surface area contributed by atoms with Gasteiger partial charge in [-0.05, 0) is 6.07 Å². The number of fused-ring (bicyclic) bond motifs is 1. The second-order valence-electron chi connectivity index (χ2n) is 5.30. The molecule has 1 atom stereocenters. The zero-order valence-corrected chi connectivity index (χ0v) is 11.5. The van der Waals surface area contributed by atoms with Gasteiger partial charge in [0.2, 0.25) is 0 Å². The van der Waals surface area contributed by atoms with Gasteiger partial charge < -0.3 is 9.47 Å². The molecular weight excluding hydrogens is 248 g/mol. The summed E-state index contributed by atoms with van der Waals surface area (Å²) in [5, 5.41) is 0. The van der Waals surface area contributed by atoms with E-state index in [2.05, 4.69) is 30.8 Å². The Balaban J connectivity index is 1.80. The van der Waals surface area contributed by atoms with Gasteiger partial charge in [-0.1, -0.05) is 36.9 Å². The molecule has 3 heteroatoms. The molecule has 2 aromatic rings.